The summed E-state index contributed by atoms with van der Waals surface area (Å²) >= 11 is 0.515. The minimum Gasteiger partial charge on any atom is -0.484 e. The summed E-state index contributed by atoms with van der Waals surface area (Å²) in [6.07, 6.45) is 0. The van der Waals surface area contributed by atoms with E-state index in [4.69, 9.17) is 4.74 Å². The van der Waals surface area contributed by atoms with E-state index in [0.717, 1.165) is 6.07 Å². The molecule has 0 aliphatic carbocycles. The van der Waals surface area contributed by atoms with Gasteiger partial charge in [-0.3, -0.25) is 20.2 Å². The standard InChI is InChI=1S/C15H10F4N2O5S/c1-7(27-15-11(21(24)25)5-3-9(17)13(15)19)6-26-14-10(20(22)23)4-2-8(16)12(14)18/h2-5,7H,6H2,1H3/t7-/m1/s1. The highest BCUT2D eigenvalue weighted by Gasteiger charge is 2.26. The Kier molecular flexibility index (Phi) is 6.20. The molecule has 0 heterocycles. The summed E-state index contributed by atoms with van der Waals surface area (Å²) in [5.41, 5.74) is -1.51. The number of halogens is 4. The quantitative estimate of drug-likeness (QED) is 0.288. The van der Waals surface area contributed by atoms with Crippen molar-refractivity contribution < 1.29 is 32.1 Å². The Morgan fingerprint density at radius 1 is 0.963 bits per heavy atom. The number of hydrogen-bond donors (Lipinski definition) is 0. The second-order valence-electron chi connectivity index (χ2n) is 5.17. The molecule has 0 aromatic heterocycles. The maximum atomic E-state index is 13.9. The Hall–Kier alpha value is -2.89. The summed E-state index contributed by atoms with van der Waals surface area (Å²) < 4.78 is 59.3. The van der Waals surface area contributed by atoms with Crippen molar-refractivity contribution in [1.82, 2.24) is 0 Å². The third kappa shape index (κ3) is 4.45. The lowest BCUT2D eigenvalue weighted by Crippen LogP contribution is -2.13. The number of benzene rings is 2. The first-order valence-electron chi connectivity index (χ1n) is 7.17. The van der Waals surface area contributed by atoms with Gasteiger partial charge in [-0.15, -0.1) is 11.8 Å². The Labute approximate surface area is 153 Å². The smallest absolute Gasteiger partial charge is 0.314 e. The topological polar surface area (TPSA) is 95.5 Å². The fraction of sp³-hybridized carbons (Fsp3) is 0.200. The van der Waals surface area contributed by atoms with E-state index in [1.165, 1.54) is 6.92 Å². The molecule has 0 saturated carbocycles. The van der Waals surface area contributed by atoms with Crippen molar-refractivity contribution in [1.29, 1.82) is 0 Å². The van der Waals surface area contributed by atoms with Crippen LogP contribution in [0.1, 0.15) is 6.92 Å². The van der Waals surface area contributed by atoms with Gasteiger partial charge in [0.25, 0.3) is 5.69 Å². The highest BCUT2D eigenvalue weighted by molar-refractivity contribution is 8.00. The number of nitro benzene ring substituents is 2. The minimum atomic E-state index is -1.58. The molecule has 0 aliphatic heterocycles. The third-order valence-corrected chi connectivity index (χ3v) is 4.40. The van der Waals surface area contributed by atoms with Crippen LogP contribution in [0.2, 0.25) is 0 Å². The van der Waals surface area contributed by atoms with E-state index in [2.05, 4.69) is 0 Å². The number of nitrogens with zero attached hydrogens (tertiary/aromatic N) is 2. The fourth-order valence-electron chi connectivity index (χ4n) is 2.02. The van der Waals surface area contributed by atoms with Crippen LogP contribution >= 0.6 is 11.8 Å². The molecule has 2 aromatic rings. The van der Waals surface area contributed by atoms with Gasteiger partial charge in [0.15, 0.2) is 17.5 Å². The van der Waals surface area contributed by atoms with Crippen molar-refractivity contribution in [2.24, 2.45) is 0 Å². The van der Waals surface area contributed by atoms with E-state index < -0.39 is 67.0 Å². The van der Waals surface area contributed by atoms with E-state index in [9.17, 15) is 37.8 Å². The van der Waals surface area contributed by atoms with Crippen molar-refractivity contribution in [3.8, 4) is 5.75 Å². The van der Waals surface area contributed by atoms with Crippen LogP contribution in [0.4, 0.5) is 28.9 Å². The molecule has 2 aromatic carbocycles. The SMILES string of the molecule is C[C@H](COc1c([N+](=O)[O-])ccc(F)c1F)Sc1c([N+](=O)[O-])ccc(F)c1F. The van der Waals surface area contributed by atoms with Crippen LogP contribution in [-0.2, 0) is 0 Å². The average molecular weight is 406 g/mol. The average Bonchev–Trinajstić information content (AvgIpc) is 2.59. The molecular weight excluding hydrogens is 396 g/mol. The first-order chi connectivity index (χ1) is 12.6. The van der Waals surface area contributed by atoms with Gasteiger partial charge in [0, 0.05) is 17.4 Å². The highest BCUT2D eigenvalue weighted by Crippen LogP contribution is 2.37. The van der Waals surface area contributed by atoms with Gasteiger partial charge in [-0.05, 0) is 19.1 Å². The van der Waals surface area contributed by atoms with Gasteiger partial charge >= 0.3 is 5.69 Å². The molecule has 1 atom stereocenters. The summed E-state index contributed by atoms with van der Waals surface area (Å²) in [6, 6.07) is 2.65. The van der Waals surface area contributed by atoms with Crippen LogP contribution in [-0.4, -0.2) is 21.7 Å². The maximum absolute atomic E-state index is 13.9. The van der Waals surface area contributed by atoms with Gasteiger partial charge in [-0.2, -0.15) is 4.39 Å². The van der Waals surface area contributed by atoms with Gasteiger partial charge in [0.2, 0.25) is 11.6 Å². The molecule has 0 amide bonds. The summed E-state index contributed by atoms with van der Waals surface area (Å²) in [4.78, 5) is 19.3. The van der Waals surface area contributed by atoms with Crippen LogP contribution < -0.4 is 4.74 Å². The zero-order valence-electron chi connectivity index (χ0n) is 13.4. The Balaban J connectivity index is 2.23. The zero-order chi connectivity index (χ0) is 20.3. The van der Waals surface area contributed by atoms with Gasteiger partial charge in [-0.1, -0.05) is 0 Å². The van der Waals surface area contributed by atoms with E-state index in [1.54, 1.807) is 0 Å². The largest absolute Gasteiger partial charge is 0.484 e. The Morgan fingerprint density at radius 3 is 2.04 bits per heavy atom. The molecule has 0 spiro atoms. The molecule has 0 fully saturated rings. The Morgan fingerprint density at radius 2 is 1.48 bits per heavy atom. The third-order valence-electron chi connectivity index (χ3n) is 3.23. The first kappa shape index (κ1) is 20.4. The number of thioether (sulfide) groups is 1. The van der Waals surface area contributed by atoms with Crippen LogP contribution in [0, 0.1) is 43.5 Å². The normalized spacial score (nSPS) is 11.9. The molecule has 0 radical (unpaired) electrons. The molecule has 27 heavy (non-hydrogen) atoms. The lowest BCUT2D eigenvalue weighted by Gasteiger charge is -2.14. The number of rotatable bonds is 7. The minimum absolute atomic E-state index is 0.501. The molecule has 12 heteroatoms. The highest BCUT2D eigenvalue weighted by atomic mass is 32.2. The molecule has 0 N–H and O–H groups in total. The van der Waals surface area contributed by atoms with Crippen molar-refractivity contribution in [3.05, 3.63) is 67.8 Å². The van der Waals surface area contributed by atoms with E-state index in [1.807, 2.05) is 0 Å². The van der Waals surface area contributed by atoms with Crippen molar-refractivity contribution in [2.75, 3.05) is 6.61 Å². The zero-order valence-corrected chi connectivity index (χ0v) is 14.3. The summed E-state index contributed by atoms with van der Waals surface area (Å²) in [5, 5.41) is 21.0. The van der Waals surface area contributed by atoms with Gasteiger partial charge in [0.05, 0.1) is 9.85 Å². The summed E-state index contributed by atoms with van der Waals surface area (Å²) in [7, 11) is 0. The first-order valence-corrected chi connectivity index (χ1v) is 8.05. The monoisotopic (exact) mass is 406 g/mol. The van der Waals surface area contributed by atoms with Crippen molar-refractivity contribution >= 4 is 23.1 Å². The number of nitro groups is 2. The van der Waals surface area contributed by atoms with Crippen LogP contribution in [0.5, 0.6) is 5.75 Å². The molecule has 0 saturated heterocycles. The van der Waals surface area contributed by atoms with E-state index in [0.29, 0.717) is 30.0 Å². The Bertz CT molecular complexity index is 912. The second-order valence-corrected chi connectivity index (χ2v) is 6.62. The fourth-order valence-corrected chi connectivity index (χ4v) is 3.02. The number of hydrogen-bond acceptors (Lipinski definition) is 6. The van der Waals surface area contributed by atoms with Gasteiger partial charge in [0.1, 0.15) is 11.5 Å². The molecule has 144 valence electrons. The lowest BCUT2D eigenvalue weighted by atomic mass is 10.2. The number of ether oxygens (including phenoxy) is 1. The van der Waals surface area contributed by atoms with E-state index >= 15 is 0 Å². The summed E-state index contributed by atoms with van der Waals surface area (Å²) in [6.45, 7) is 0.876. The molecule has 7 nitrogen and oxygen atoms in total. The second kappa shape index (κ2) is 8.20. The maximum Gasteiger partial charge on any atom is 0.314 e. The van der Waals surface area contributed by atoms with Crippen LogP contribution in [0.3, 0.4) is 0 Å². The van der Waals surface area contributed by atoms with Gasteiger partial charge < -0.3 is 4.74 Å². The molecule has 2 rings (SSSR count). The predicted molar refractivity (Wildman–Crippen MR) is 86.8 cm³/mol. The van der Waals surface area contributed by atoms with Gasteiger partial charge in [-0.25, -0.2) is 13.2 Å². The molecule has 0 unspecified atom stereocenters. The summed E-state index contributed by atoms with van der Waals surface area (Å²) in [5.74, 6) is -6.65. The molecular formula is C15H10F4N2O5S. The predicted octanol–water partition coefficient (Wildman–Crippen LogP) is 4.62. The van der Waals surface area contributed by atoms with Crippen molar-refractivity contribution in [3.63, 3.8) is 0 Å². The van der Waals surface area contributed by atoms with E-state index in [-0.39, 0.29) is 0 Å². The molecule has 0 aliphatic rings. The lowest BCUT2D eigenvalue weighted by molar-refractivity contribution is -0.388. The van der Waals surface area contributed by atoms with Crippen LogP contribution in [0.25, 0.3) is 0 Å². The molecule has 0 bridgehead atoms. The van der Waals surface area contributed by atoms with Crippen molar-refractivity contribution in [2.45, 2.75) is 17.1 Å². The van der Waals surface area contributed by atoms with Crippen LogP contribution in [0.15, 0.2) is 29.2 Å².